The third kappa shape index (κ3) is 4.09. The predicted octanol–water partition coefficient (Wildman–Crippen LogP) is 1.68. The second-order valence-corrected chi connectivity index (χ2v) is 6.38. The maximum absolute atomic E-state index is 12.9. The maximum Gasteiger partial charge on any atom is 0.294 e. The Morgan fingerprint density at radius 2 is 1.88 bits per heavy atom. The normalized spacial score (nSPS) is 10.9. The van der Waals surface area contributed by atoms with Gasteiger partial charge in [-0.05, 0) is 40.1 Å². The fourth-order valence-corrected chi connectivity index (χ4v) is 2.89. The molecule has 2 heterocycles. The number of nitrogens with one attached hydrogen (secondary N) is 1. The van der Waals surface area contributed by atoms with Gasteiger partial charge < -0.3 is 15.2 Å². The summed E-state index contributed by atoms with van der Waals surface area (Å²) < 4.78 is 16.4. The molecule has 2 aromatic carbocycles. The van der Waals surface area contributed by atoms with E-state index in [9.17, 15) is 4.79 Å². The minimum atomic E-state index is -0.594. The number of nitrogen functional groups attached to an aromatic ring is 1. The van der Waals surface area contributed by atoms with Crippen molar-refractivity contribution in [3.05, 3.63) is 59.8 Å². The average Bonchev–Trinajstić information content (AvgIpc) is 3.45. The van der Waals surface area contributed by atoms with Crippen LogP contribution < -0.4 is 20.6 Å². The number of nitrogens with two attached hydrogens (primary N) is 1. The minimum absolute atomic E-state index is 0.0107. The van der Waals surface area contributed by atoms with Crippen LogP contribution in [0.15, 0.2) is 58.3 Å². The van der Waals surface area contributed by atoms with Gasteiger partial charge in [0.25, 0.3) is 5.91 Å². The van der Waals surface area contributed by atoms with Crippen LogP contribution in [0.25, 0.3) is 17.1 Å². The fourth-order valence-electron chi connectivity index (χ4n) is 2.89. The second kappa shape index (κ2) is 8.95. The number of benzene rings is 2. The van der Waals surface area contributed by atoms with Crippen molar-refractivity contribution in [1.82, 2.24) is 30.7 Å². The molecule has 32 heavy (non-hydrogen) atoms. The molecule has 0 atom stereocenters. The van der Waals surface area contributed by atoms with Crippen molar-refractivity contribution >= 4 is 17.9 Å². The number of ether oxygens (including phenoxy) is 2. The van der Waals surface area contributed by atoms with Crippen molar-refractivity contribution in [1.29, 1.82) is 0 Å². The van der Waals surface area contributed by atoms with Crippen LogP contribution in [0.3, 0.4) is 0 Å². The zero-order valence-electron chi connectivity index (χ0n) is 17.1. The molecule has 1 amide bonds. The summed E-state index contributed by atoms with van der Waals surface area (Å²) in [7, 11) is 3.10. The molecule has 0 saturated heterocycles. The van der Waals surface area contributed by atoms with Gasteiger partial charge in [-0.2, -0.15) is 9.78 Å². The topological polar surface area (TPSA) is 156 Å². The molecule has 0 saturated carbocycles. The summed E-state index contributed by atoms with van der Waals surface area (Å²) in [5.74, 6) is 0.728. The van der Waals surface area contributed by atoms with Gasteiger partial charge in [0.05, 0.1) is 20.4 Å². The molecular weight excluding hydrogens is 416 g/mol. The lowest BCUT2D eigenvalue weighted by Gasteiger charge is -2.07. The van der Waals surface area contributed by atoms with Gasteiger partial charge in [0.15, 0.2) is 5.69 Å². The van der Waals surface area contributed by atoms with Gasteiger partial charge in [0.1, 0.15) is 17.2 Å². The fraction of sp³-hybridized carbons (Fsp3) is 0.100. The lowest BCUT2D eigenvalue weighted by atomic mass is 10.1. The molecule has 0 bridgehead atoms. The predicted molar refractivity (Wildman–Crippen MR) is 114 cm³/mol. The van der Waals surface area contributed by atoms with Crippen molar-refractivity contribution in [3.8, 4) is 28.6 Å². The number of amides is 1. The van der Waals surface area contributed by atoms with Gasteiger partial charge in [-0.1, -0.05) is 29.5 Å². The van der Waals surface area contributed by atoms with Crippen molar-refractivity contribution in [3.63, 3.8) is 0 Å². The molecule has 0 aliphatic heterocycles. The van der Waals surface area contributed by atoms with Crippen molar-refractivity contribution in [2.24, 2.45) is 5.10 Å². The molecular formula is C20H18N8O4. The highest BCUT2D eigenvalue weighted by atomic mass is 16.6. The van der Waals surface area contributed by atoms with E-state index in [-0.39, 0.29) is 17.3 Å². The number of carbonyl (C=O) groups is 1. The molecule has 12 heteroatoms. The van der Waals surface area contributed by atoms with E-state index in [2.05, 4.69) is 35.8 Å². The second-order valence-electron chi connectivity index (χ2n) is 6.38. The van der Waals surface area contributed by atoms with Gasteiger partial charge >= 0.3 is 0 Å². The Bertz CT molecular complexity index is 1280. The van der Waals surface area contributed by atoms with Crippen LogP contribution >= 0.6 is 0 Å². The summed E-state index contributed by atoms with van der Waals surface area (Å²) in [5, 5.41) is 19.3. The van der Waals surface area contributed by atoms with Crippen LogP contribution in [0.4, 0.5) is 5.82 Å². The number of hydrazone groups is 1. The molecule has 3 N–H and O–H groups in total. The monoisotopic (exact) mass is 434 g/mol. The molecule has 0 unspecified atom stereocenters. The maximum atomic E-state index is 12.9. The zero-order valence-corrected chi connectivity index (χ0v) is 17.1. The van der Waals surface area contributed by atoms with Crippen molar-refractivity contribution < 1.29 is 18.9 Å². The third-order valence-electron chi connectivity index (χ3n) is 4.40. The van der Waals surface area contributed by atoms with Gasteiger partial charge in [0.2, 0.25) is 11.6 Å². The minimum Gasteiger partial charge on any atom is -0.497 e. The molecule has 4 aromatic rings. The molecule has 0 aliphatic carbocycles. The summed E-state index contributed by atoms with van der Waals surface area (Å²) in [6, 6.07) is 14.2. The van der Waals surface area contributed by atoms with E-state index in [1.807, 2.05) is 12.1 Å². The number of methoxy groups -OCH3 is 2. The van der Waals surface area contributed by atoms with Crippen molar-refractivity contribution in [2.75, 3.05) is 20.0 Å². The van der Waals surface area contributed by atoms with Crippen LogP contribution in [0.1, 0.15) is 16.1 Å². The van der Waals surface area contributed by atoms with E-state index in [0.717, 1.165) is 5.56 Å². The summed E-state index contributed by atoms with van der Waals surface area (Å²) in [5.41, 5.74) is 9.88. The molecule has 2 aromatic heterocycles. The van der Waals surface area contributed by atoms with Crippen LogP contribution in [0.5, 0.6) is 11.5 Å². The molecule has 4 rings (SSSR count). The van der Waals surface area contributed by atoms with E-state index in [4.69, 9.17) is 15.2 Å². The largest absolute Gasteiger partial charge is 0.497 e. The van der Waals surface area contributed by atoms with Crippen LogP contribution in [-0.2, 0) is 0 Å². The first-order valence-electron chi connectivity index (χ1n) is 9.26. The Hall–Kier alpha value is -4.74. The number of nitrogens with zero attached hydrogens (tertiary/aromatic N) is 6. The van der Waals surface area contributed by atoms with Crippen LogP contribution in [0.2, 0.25) is 0 Å². The Balaban J connectivity index is 1.68. The molecule has 0 radical (unpaired) electrons. The number of carbonyl (C=O) groups excluding carboxylic acids is 1. The number of hydrogen-bond acceptors (Lipinski definition) is 10. The Morgan fingerprint density at radius 3 is 2.59 bits per heavy atom. The lowest BCUT2D eigenvalue weighted by Crippen LogP contribution is -2.19. The molecule has 12 nitrogen and oxygen atoms in total. The Labute approximate surface area is 181 Å². The van der Waals surface area contributed by atoms with E-state index >= 15 is 0 Å². The van der Waals surface area contributed by atoms with Crippen molar-refractivity contribution in [2.45, 2.75) is 0 Å². The van der Waals surface area contributed by atoms with Crippen LogP contribution in [-0.4, -0.2) is 51.6 Å². The number of anilines is 1. The molecule has 0 fully saturated rings. The SMILES string of the molecule is COc1cccc(C=NNC(=O)c2nnn(-c3nonc3N)c2-c2cccc(OC)c2)c1. The van der Waals surface area contributed by atoms with Gasteiger partial charge in [0, 0.05) is 5.56 Å². The van der Waals surface area contributed by atoms with E-state index in [0.29, 0.717) is 22.8 Å². The molecule has 0 spiro atoms. The van der Waals surface area contributed by atoms with Crippen LogP contribution in [0, 0.1) is 0 Å². The van der Waals surface area contributed by atoms with E-state index in [1.165, 1.54) is 18.0 Å². The smallest absolute Gasteiger partial charge is 0.294 e. The van der Waals surface area contributed by atoms with E-state index in [1.54, 1.807) is 43.5 Å². The first-order valence-corrected chi connectivity index (χ1v) is 9.26. The van der Waals surface area contributed by atoms with Gasteiger partial charge in [-0.15, -0.1) is 5.10 Å². The lowest BCUT2D eigenvalue weighted by molar-refractivity contribution is 0.0950. The summed E-state index contributed by atoms with van der Waals surface area (Å²) >= 11 is 0. The Kier molecular flexibility index (Phi) is 5.74. The summed E-state index contributed by atoms with van der Waals surface area (Å²) in [6.07, 6.45) is 1.48. The quantitative estimate of drug-likeness (QED) is 0.326. The third-order valence-corrected chi connectivity index (χ3v) is 4.40. The summed E-state index contributed by atoms with van der Waals surface area (Å²) in [4.78, 5) is 12.9. The highest BCUT2D eigenvalue weighted by Crippen LogP contribution is 2.28. The standard InChI is InChI=1S/C20H18N8O4/c1-30-14-7-3-5-12(9-14)11-22-24-20(29)16-17(13-6-4-8-15(10-13)31-2)28(27-23-16)19-18(21)25-32-26-19/h3-11H,1-2H3,(H2,21,25)(H,24,29). The van der Waals surface area contributed by atoms with Gasteiger partial charge in [-0.25, -0.2) is 10.1 Å². The molecule has 0 aliphatic rings. The average molecular weight is 434 g/mol. The zero-order chi connectivity index (χ0) is 22.5. The highest BCUT2D eigenvalue weighted by Gasteiger charge is 2.25. The first kappa shape index (κ1) is 20.5. The number of hydrogen-bond donors (Lipinski definition) is 2. The van der Waals surface area contributed by atoms with E-state index < -0.39 is 5.91 Å². The number of aromatic nitrogens is 5. The first-order chi connectivity index (χ1) is 15.6. The molecule has 162 valence electrons. The number of rotatable bonds is 7. The van der Waals surface area contributed by atoms with Gasteiger partial charge in [-0.3, -0.25) is 4.79 Å². The Morgan fingerprint density at radius 1 is 1.12 bits per heavy atom. The summed E-state index contributed by atoms with van der Waals surface area (Å²) in [6.45, 7) is 0. The highest BCUT2D eigenvalue weighted by molar-refractivity contribution is 5.99.